The molecule has 2 aromatic carbocycles. The van der Waals surface area contributed by atoms with Gasteiger partial charge in [-0.25, -0.2) is 4.79 Å². The molecule has 0 aliphatic heterocycles. The summed E-state index contributed by atoms with van der Waals surface area (Å²) in [6.45, 7) is 2.90. The third-order valence-electron chi connectivity index (χ3n) is 7.86. The lowest BCUT2D eigenvalue weighted by atomic mass is 10.0. The minimum Gasteiger partial charge on any atom is -0.481 e. The average Bonchev–Trinajstić information content (AvgIpc) is 3.04. The summed E-state index contributed by atoms with van der Waals surface area (Å²) < 4.78 is 5.36. The number of carbonyl (C=O) groups excluding carboxylic acids is 1. The first kappa shape index (κ1) is 37.4. The minimum atomic E-state index is -0.872. The van der Waals surface area contributed by atoms with Gasteiger partial charge in [0.1, 0.15) is 0 Å². The van der Waals surface area contributed by atoms with Crippen LogP contribution in [-0.4, -0.2) is 42.2 Å². The average molecular weight is 625 g/mol. The number of hydrogen-bond acceptors (Lipinski definition) is 8. The summed E-state index contributed by atoms with van der Waals surface area (Å²) in [5.41, 5.74) is 1.08. The molecule has 0 atom stereocenters. The molecule has 0 aromatic heterocycles. The number of azo groups is 1. The third kappa shape index (κ3) is 16.2. The highest BCUT2D eigenvalue weighted by Crippen LogP contribution is 2.31. The van der Waals surface area contributed by atoms with Gasteiger partial charge in [0, 0.05) is 25.3 Å². The van der Waals surface area contributed by atoms with Crippen LogP contribution in [0, 0.1) is 10.1 Å². The molecule has 0 radical (unpaired) electrons. The van der Waals surface area contributed by atoms with Crippen molar-refractivity contribution in [2.24, 2.45) is 10.2 Å². The van der Waals surface area contributed by atoms with Gasteiger partial charge in [0.15, 0.2) is 5.69 Å². The fourth-order valence-corrected chi connectivity index (χ4v) is 5.06. The topological polar surface area (TPSA) is 135 Å². The number of rotatable bonds is 25. The molecule has 248 valence electrons. The van der Waals surface area contributed by atoms with Gasteiger partial charge in [0.2, 0.25) is 0 Å². The predicted octanol–water partition coefficient (Wildman–Crippen LogP) is 10.3. The second-order valence-corrected chi connectivity index (χ2v) is 11.7. The van der Waals surface area contributed by atoms with Gasteiger partial charge in [-0.15, -0.1) is 5.11 Å². The number of carboxylic acid groups (broad SMARTS) is 1. The van der Waals surface area contributed by atoms with E-state index >= 15 is 0 Å². The van der Waals surface area contributed by atoms with Crippen LogP contribution in [0.1, 0.15) is 126 Å². The molecule has 0 heterocycles. The van der Waals surface area contributed by atoms with E-state index in [-0.39, 0.29) is 30.0 Å². The first-order valence-electron chi connectivity index (χ1n) is 16.7. The number of carboxylic acids is 1. The maximum atomic E-state index is 12.5. The van der Waals surface area contributed by atoms with Gasteiger partial charge < -0.3 is 14.7 Å². The van der Waals surface area contributed by atoms with Crippen molar-refractivity contribution in [3.63, 3.8) is 0 Å². The van der Waals surface area contributed by atoms with E-state index in [1.165, 1.54) is 102 Å². The summed E-state index contributed by atoms with van der Waals surface area (Å²) in [6, 6.07) is 10.9. The van der Waals surface area contributed by atoms with Crippen LogP contribution in [0.2, 0.25) is 0 Å². The molecule has 10 heteroatoms. The quantitative estimate of drug-likeness (QED) is 0.0382. The van der Waals surface area contributed by atoms with Crippen LogP contribution in [0.3, 0.4) is 0 Å². The molecule has 45 heavy (non-hydrogen) atoms. The molecule has 0 aliphatic rings. The maximum Gasteiger partial charge on any atom is 0.338 e. The molecular formula is C35H52N4O6. The van der Waals surface area contributed by atoms with E-state index < -0.39 is 16.9 Å². The largest absolute Gasteiger partial charge is 0.481 e. The van der Waals surface area contributed by atoms with Crippen LogP contribution >= 0.6 is 0 Å². The van der Waals surface area contributed by atoms with E-state index in [0.29, 0.717) is 12.2 Å². The lowest BCUT2D eigenvalue weighted by molar-refractivity contribution is -0.384. The standard InChI is InChI=1S/C35H52N4O6/c1-3-4-5-6-7-8-9-10-11-12-13-14-15-16-17-18-27-45-35(42)29-19-24-32(33(28-29)39(43)44)37-36-30-20-22-31(23-21-30)38(2)26-25-34(40)41/h19-24,28H,3-18,25-27H2,1-2H3,(H,40,41)/b37-36+. The van der Waals surface area contributed by atoms with Gasteiger partial charge in [-0.1, -0.05) is 103 Å². The molecule has 0 bridgehead atoms. The predicted molar refractivity (Wildman–Crippen MR) is 179 cm³/mol. The van der Waals surface area contributed by atoms with E-state index in [1.54, 1.807) is 36.2 Å². The normalized spacial score (nSPS) is 11.2. The number of nitro groups is 1. The van der Waals surface area contributed by atoms with Crippen molar-refractivity contribution in [1.29, 1.82) is 0 Å². The van der Waals surface area contributed by atoms with E-state index in [4.69, 9.17) is 9.84 Å². The van der Waals surface area contributed by atoms with E-state index in [9.17, 15) is 19.7 Å². The number of nitrogens with zero attached hydrogens (tertiary/aromatic N) is 4. The Hall–Kier alpha value is -3.82. The molecular weight excluding hydrogens is 572 g/mol. The first-order valence-corrected chi connectivity index (χ1v) is 16.7. The number of aliphatic carboxylic acids is 1. The molecule has 0 saturated carbocycles. The Kier molecular flexibility index (Phi) is 18.8. The SMILES string of the molecule is CCCCCCCCCCCCCCCCCCOC(=O)c1ccc(/N=N/c2ccc(N(C)CCC(=O)O)cc2)c([N+](=O)[O-])c1. The van der Waals surface area contributed by atoms with Crippen molar-refractivity contribution < 1.29 is 24.4 Å². The molecule has 0 saturated heterocycles. The lowest BCUT2D eigenvalue weighted by Crippen LogP contribution is -2.20. The highest BCUT2D eigenvalue weighted by atomic mass is 16.6. The molecule has 1 N–H and O–H groups in total. The number of unbranched alkanes of at least 4 members (excludes halogenated alkanes) is 15. The Labute approximate surface area is 268 Å². The molecule has 2 aromatic rings. The molecule has 10 nitrogen and oxygen atoms in total. The van der Waals surface area contributed by atoms with Crippen molar-refractivity contribution in [3.05, 3.63) is 58.1 Å². The number of esters is 1. The maximum absolute atomic E-state index is 12.5. The van der Waals surface area contributed by atoms with E-state index in [2.05, 4.69) is 17.2 Å². The second kappa shape index (κ2) is 22.7. The van der Waals surface area contributed by atoms with Crippen LogP contribution in [0.25, 0.3) is 0 Å². The highest BCUT2D eigenvalue weighted by Gasteiger charge is 2.18. The van der Waals surface area contributed by atoms with Crippen LogP contribution in [0.5, 0.6) is 0 Å². The van der Waals surface area contributed by atoms with Crippen molar-refractivity contribution >= 4 is 34.7 Å². The number of benzene rings is 2. The first-order chi connectivity index (χ1) is 21.8. The smallest absolute Gasteiger partial charge is 0.338 e. The number of nitro benzene ring substituents is 1. The summed E-state index contributed by atoms with van der Waals surface area (Å²) >= 11 is 0. The van der Waals surface area contributed by atoms with Gasteiger partial charge in [0.25, 0.3) is 5.69 Å². The zero-order chi connectivity index (χ0) is 32.7. The van der Waals surface area contributed by atoms with Crippen LogP contribution < -0.4 is 4.90 Å². The number of hydrogen-bond donors (Lipinski definition) is 1. The Morgan fingerprint density at radius 2 is 1.33 bits per heavy atom. The number of ether oxygens (including phenoxy) is 1. The van der Waals surface area contributed by atoms with Crippen molar-refractivity contribution in [2.75, 3.05) is 25.1 Å². The molecule has 0 aliphatic carbocycles. The molecule has 0 unspecified atom stereocenters. The summed E-state index contributed by atoms with van der Waals surface area (Å²) in [5, 5.41) is 28.6. The molecule has 0 spiro atoms. The van der Waals surface area contributed by atoms with Gasteiger partial charge in [-0.05, 0) is 42.8 Å². The molecule has 0 amide bonds. The van der Waals surface area contributed by atoms with Crippen LogP contribution in [-0.2, 0) is 9.53 Å². The molecule has 0 fully saturated rings. The highest BCUT2D eigenvalue weighted by molar-refractivity contribution is 5.91. The number of anilines is 1. The van der Waals surface area contributed by atoms with Crippen LogP contribution in [0.4, 0.5) is 22.7 Å². The Balaban J connectivity index is 1.65. The van der Waals surface area contributed by atoms with Gasteiger partial charge >= 0.3 is 11.9 Å². The summed E-state index contributed by atoms with van der Waals surface area (Å²) in [7, 11) is 1.79. The molecule has 2 rings (SSSR count). The third-order valence-corrected chi connectivity index (χ3v) is 7.86. The van der Waals surface area contributed by atoms with Crippen LogP contribution in [0.15, 0.2) is 52.7 Å². The minimum absolute atomic E-state index is 0.0186. The Bertz CT molecular complexity index is 1190. The zero-order valence-electron chi connectivity index (χ0n) is 27.3. The summed E-state index contributed by atoms with van der Waals surface area (Å²) in [4.78, 5) is 36.2. The second-order valence-electron chi connectivity index (χ2n) is 11.7. The van der Waals surface area contributed by atoms with Crippen molar-refractivity contribution in [2.45, 2.75) is 116 Å². The van der Waals surface area contributed by atoms with Gasteiger partial charge in [0.05, 0.1) is 29.2 Å². The zero-order valence-corrected chi connectivity index (χ0v) is 27.3. The van der Waals surface area contributed by atoms with Crippen molar-refractivity contribution in [3.8, 4) is 0 Å². The van der Waals surface area contributed by atoms with Gasteiger partial charge in [-0.2, -0.15) is 5.11 Å². The summed E-state index contributed by atoms with van der Waals surface area (Å²) in [6.07, 6.45) is 20.3. The van der Waals surface area contributed by atoms with Gasteiger partial charge in [-0.3, -0.25) is 14.9 Å². The summed E-state index contributed by atoms with van der Waals surface area (Å²) in [5.74, 6) is -1.46. The fourth-order valence-electron chi connectivity index (χ4n) is 5.06. The fraction of sp³-hybridized carbons (Fsp3) is 0.600. The lowest BCUT2D eigenvalue weighted by Gasteiger charge is -2.17. The van der Waals surface area contributed by atoms with E-state index in [1.807, 2.05) is 0 Å². The monoisotopic (exact) mass is 624 g/mol. The number of carbonyl (C=O) groups is 2. The van der Waals surface area contributed by atoms with E-state index in [0.717, 1.165) is 24.9 Å². The Morgan fingerprint density at radius 1 is 0.800 bits per heavy atom. The van der Waals surface area contributed by atoms with Crippen molar-refractivity contribution in [1.82, 2.24) is 0 Å². The Morgan fingerprint density at radius 3 is 1.84 bits per heavy atom.